The third kappa shape index (κ3) is 3.62. The van der Waals surface area contributed by atoms with Crippen LogP contribution in [0.2, 0.25) is 5.02 Å². The second kappa shape index (κ2) is 6.84. The highest BCUT2D eigenvalue weighted by molar-refractivity contribution is 6.31. The van der Waals surface area contributed by atoms with Crippen molar-refractivity contribution in [3.8, 4) is 6.07 Å². The lowest BCUT2D eigenvalue weighted by Gasteiger charge is -2.18. The summed E-state index contributed by atoms with van der Waals surface area (Å²) in [6, 6.07) is 6.33. The van der Waals surface area contributed by atoms with E-state index >= 15 is 0 Å². The van der Waals surface area contributed by atoms with Crippen molar-refractivity contribution in [1.29, 1.82) is 5.26 Å². The molecule has 2 unspecified atom stereocenters. The summed E-state index contributed by atoms with van der Waals surface area (Å²) in [5.41, 5.74) is 8.81. The molecule has 18 heavy (non-hydrogen) atoms. The molecule has 0 aliphatic carbocycles. The predicted octanol–water partition coefficient (Wildman–Crippen LogP) is 2.31. The van der Waals surface area contributed by atoms with Crippen LogP contribution in [0.5, 0.6) is 0 Å². The Kier molecular flexibility index (Phi) is 5.43. The zero-order valence-corrected chi connectivity index (χ0v) is 10.1. The van der Waals surface area contributed by atoms with Crippen LogP contribution in [0.4, 0.5) is 0 Å². The van der Waals surface area contributed by atoms with Crippen LogP contribution in [-0.2, 0) is 0 Å². The molecule has 2 N–H and O–H groups in total. The zero-order chi connectivity index (χ0) is 13.5. The number of rotatable bonds is 5. The molecular weight excluding hydrogens is 256 g/mol. The fourth-order valence-electron chi connectivity index (χ4n) is 1.44. The van der Waals surface area contributed by atoms with Gasteiger partial charge in [0.15, 0.2) is 0 Å². The van der Waals surface area contributed by atoms with Crippen molar-refractivity contribution < 1.29 is 10.2 Å². The van der Waals surface area contributed by atoms with E-state index in [0.717, 1.165) is 0 Å². The summed E-state index contributed by atoms with van der Waals surface area (Å²) >= 11 is 5.90. The largest absolute Gasteiger partial charge is 0.390 e. The Morgan fingerprint density at radius 1 is 1.50 bits per heavy atom. The van der Waals surface area contributed by atoms with Crippen LogP contribution in [-0.4, -0.2) is 22.9 Å². The predicted molar refractivity (Wildman–Crippen MR) is 65.8 cm³/mol. The fraction of sp³-hybridized carbons (Fsp3) is 0.364. The van der Waals surface area contributed by atoms with E-state index in [1.807, 2.05) is 6.07 Å². The molecule has 1 aromatic rings. The summed E-state index contributed by atoms with van der Waals surface area (Å²) < 4.78 is 0. The summed E-state index contributed by atoms with van der Waals surface area (Å²) in [4.78, 5) is 2.55. The van der Waals surface area contributed by atoms with Crippen molar-refractivity contribution in [3.63, 3.8) is 0 Å². The highest BCUT2D eigenvalue weighted by Gasteiger charge is 2.20. The molecule has 6 nitrogen and oxygen atoms in total. The summed E-state index contributed by atoms with van der Waals surface area (Å²) in [5, 5.41) is 31.7. The normalized spacial score (nSPS) is 13.2. The lowest BCUT2D eigenvalue weighted by molar-refractivity contribution is 0.0151. The number of hydrogen-bond acceptors (Lipinski definition) is 4. The van der Waals surface area contributed by atoms with Crippen LogP contribution in [0.15, 0.2) is 23.3 Å². The van der Waals surface area contributed by atoms with Gasteiger partial charge in [-0.2, -0.15) is 5.26 Å². The van der Waals surface area contributed by atoms with Crippen molar-refractivity contribution in [2.24, 2.45) is 5.11 Å². The SMILES string of the molecule is N#Cc1ccc(C(O)C(O)CCN=[N+]=[N-])c(Cl)c1. The molecule has 0 aliphatic rings. The number of benzene rings is 1. The zero-order valence-electron chi connectivity index (χ0n) is 9.36. The Balaban J connectivity index is 2.80. The number of azide groups is 1. The summed E-state index contributed by atoms with van der Waals surface area (Å²) in [6.07, 6.45) is -2.14. The van der Waals surface area contributed by atoms with E-state index in [2.05, 4.69) is 10.0 Å². The maximum absolute atomic E-state index is 9.88. The molecule has 2 atom stereocenters. The van der Waals surface area contributed by atoms with Crippen molar-refractivity contribution in [1.82, 2.24) is 0 Å². The Morgan fingerprint density at radius 3 is 2.78 bits per heavy atom. The average Bonchev–Trinajstić information content (AvgIpc) is 2.38. The Hall–Kier alpha value is -1.77. The summed E-state index contributed by atoms with van der Waals surface area (Å²) in [6.45, 7) is 0.0859. The van der Waals surface area contributed by atoms with Crippen molar-refractivity contribution >= 4 is 11.6 Å². The summed E-state index contributed by atoms with van der Waals surface area (Å²) in [7, 11) is 0. The quantitative estimate of drug-likeness (QED) is 0.484. The molecule has 0 radical (unpaired) electrons. The molecule has 0 saturated carbocycles. The summed E-state index contributed by atoms with van der Waals surface area (Å²) in [5.74, 6) is 0. The van der Waals surface area contributed by atoms with Gasteiger partial charge in [-0.25, -0.2) is 0 Å². The minimum atomic E-state index is -1.18. The lowest BCUT2D eigenvalue weighted by Crippen LogP contribution is -2.19. The first-order valence-corrected chi connectivity index (χ1v) is 5.54. The van der Waals surface area contributed by atoms with Gasteiger partial charge in [0.25, 0.3) is 0 Å². The van der Waals surface area contributed by atoms with Crippen molar-refractivity contribution in [2.45, 2.75) is 18.6 Å². The molecule has 0 aromatic heterocycles. The van der Waals surface area contributed by atoms with Crippen LogP contribution >= 0.6 is 11.6 Å². The van der Waals surface area contributed by atoms with E-state index in [1.165, 1.54) is 18.2 Å². The van der Waals surface area contributed by atoms with Gasteiger partial charge in [0.1, 0.15) is 6.10 Å². The van der Waals surface area contributed by atoms with Gasteiger partial charge in [0, 0.05) is 22.0 Å². The van der Waals surface area contributed by atoms with Crippen LogP contribution in [0.1, 0.15) is 23.7 Å². The number of nitrogens with zero attached hydrogens (tertiary/aromatic N) is 4. The molecule has 94 valence electrons. The first-order valence-electron chi connectivity index (χ1n) is 5.16. The maximum Gasteiger partial charge on any atom is 0.106 e. The monoisotopic (exact) mass is 266 g/mol. The number of hydrogen-bond donors (Lipinski definition) is 2. The molecule has 0 fully saturated rings. The molecule has 0 saturated heterocycles. The third-order valence-corrected chi connectivity index (χ3v) is 2.73. The van der Waals surface area contributed by atoms with Crippen LogP contribution in [0, 0.1) is 11.3 Å². The Labute approximate surface area is 109 Å². The molecule has 0 heterocycles. The van der Waals surface area contributed by atoms with E-state index in [0.29, 0.717) is 11.1 Å². The van der Waals surface area contributed by atoms with Crippen LogP contribution < -0.4 is 0 Å². The van der Waals surface area contributed by atoms with Crippen molar-refractivity contribution in [2.75, 3.05) is 6.54 Å². The maximum atomic E-state index is 9.88. The first-order chi connectivity index (χ1) is 8.60. The Bertz CT molecular complexity index is 508. The topological polar surface area (TPSA) is 113 Å². The van der Waals surface area contributed by atoms with Gasteiger partial charge in [-0.1, -0.05) is 22.8 Å². The van der Waals surface area contributed by atoms with Gasteiger partial charge in [0.2, 0.25) is 0 Å². The van der Waals surface area contributed by atoms with E-state index in [1.54, 1.807) is 0 Å². The van der Waals surface area contributed by atoms with Crippen molar-refractivity contribution in [3.05, 3.63) is 44.8 Å². The van der Waals surface area contributed by atoms with Gasteiger partial charge in [-0.05, 0) is 24.1 Å². The number of halogens is 1. The van der Waals surface area contributed by atoms with Gasteiger partial charge >= 0.3 is 0 Å². The van der Waals surface area contributed by atoms with Gasteiger partial charge in [0.05, 0.1) is 17.7 Å². The first kappa shape index (κ1) is 14.3. The second-order valence-corrected chi connectivity index (χ2v) is 4.01. The molecule has 0 spiro atoms. The van der Waals surface area contributed by atoms with Gasteiger partial charge in [-0.3, -0.25) is 0 Å². The molecule has 0 aliphatic heterocycles. The standard InChI is InChI=1S/C11H11ClN4O2/c12-9-5-7(6-13)1-2-8(9)11(18)10(17)3-4-15-16-14/h1-2,5,10-11,17-18H,3-4H2. The molecule has 7 heteroatoms. The molecule has 0 amide bonds. The minimum Gasteiger partial charge on any atom is -0.390 e. The van der Waals surface area contributed by atoms with E-state index < -0.39 is 12.2 Å². The molecular formula is C11H11ClN4O2. The van der Waals surface area contributed by atoms with E-state index in [9.17, 15) is 10.2 Å². The number of nitriles is 1. The highest BCUT2D eigenvalue weighted by atomic mass is 35.5. The minimum absolute atomic E-state index is 0.0859. The fourth-order valence-corrected chi connectivity index (χ4v) is 1.73. The molecule has 1 rings (SSSR count). The van der Waals surface area contributed by atoms with E-state index in [4.69, 9.17) is 22.4 Å². The average molecular weight is 267 g/mol. The smallest absolute Gasteiger partial charge is 0.106 e. The molecule has 1 aromatic carbocycles. The number of aliphatic hydroxyl groups excluding tert-OH is 2. The Morgan fingerprint density at radius 2 is 2.22 bits per heavy atom. The molecule has 0 bridgehead atoms. The second-order valence-electron chi connectivity index (χ2n) is 3.60. The highest BCUT2D eigenvalue weighted by Crippen LogP contribution is 2.27. The van der Waals surface area contributed by atoms with E-state index in [-0.39, 0.29) is 18.0 Å². The third-order valence-electron chi connectivity index (χ3n) is 2.40. The van der Waals surface area contributed by atoms with Crippen LogP contribution in [0.25, 0.3) is 10.4 Å². The number of aliphatic hydroxyl groups is 2. The van der Waals surface area contributed by atoms with Gasteiger partial charge in [-0.15, -0.1) is 0 Å². The van der Waals surface area contributed by atoms with Gasteiger partial charge < -0.3 is 10.2 Å². The lowest BCUT2D eigenvalue weighted by atomic mass is 10.0. The van der Waals surface area contributed by atoms with Crippen LogP contribution in [0.3, 0.4) is 0 Å².